The Hall–Kier alpha value is -1.77. The zero-order valence-electron chi connectivity index (χ0n) is 15.5. The largest absolute Gasteiger partial charge is 0.494 e. The van der Waals surface area contributed by atoms with Crippen LogP contribution in [0.1, 0.15) is 28.8 Å². The summed E-state index contributed by atoms with van der Waals surface area (Å²) in [5, 5.41) is 0.242. The van der Waals surface area contributed by atoms with Crippen LogP contribution >= 0.6 is 27.5 Å². The van der Waals surface area contributed by atoms with E-state index in [2.05, 4.69) is 20.7 Å². The van der Waals surface area contributed by atoms with Gasteiger partial charge in [0.15, 0.2) is 5.75 Å². The summed E-state index contributed by atoms with van der Waals surface area (Å²) < 4.78 is 34.5. The lowest BCUT2D eigenvalue weighted by Crippen LogP contribution is -2.29. The predicted octanol–water partition coefficient (Wildman–Crippen LogP) is 4.46. The second-order valence-electron chi connectivity index (χ2n) is 6.52. The van der Waals surface area contributed by atoms with Crippen molar-refractivity contribution in [1.82, 2.24) is 4.90 Å². The fourth-order valence-electron chi connectivity index (χ4n) is 3.20. The number of amides is 1. The highest BCUT2D eigenvalue weighted by atomic mass is 79.9. The fraction of sp³-hybridized carbons (Fsp3) is 0.316. The van der Waals surface area contributed by atoms with Crippen LogP contribution in [0.4, 0.5) is 5.69 Å². The molecule has 9 heteroatoms. The lowest BCUT2D eigenvalue weighted by Gasteiger charge is -2.20. The third-order valence-electron chi connectivity index (χ3n) is 4.60. The molecule has 0 spiro atoms. The number of ether oxygens (including phenoxy) is 1. The van der Waals surface area contributed by atoms with Crippen molar-refractivity contribution in [3.8, 4) is 5.75 Å². The van der Waals surface area contributed by atoms with Gasteiger partial charge in [-0.1, -0.05) is 23.7 Å². The summed E-state index contributed by atoms with van der Waals surface area (Å²) in [5.41, 5.74) is 1.23. The molecule has 2 aromatic rings. The minimum atomic E-state index is -4.06. The smallest absolute Gasteiger partial charge is 0.265 e. The van der Waals surface area contributed by atoms with Crippen LogP contribution in [-0.2, 0) is 10.0 Å². The summed E-state index contributed by atoms with van der Waals surface area (Å²) in [4.78, 5) is 14.5. The Morgan fingerprint density at radius 3 is 2.57 bits per heavy atom. The summed E-state index contributed by atoms with van der Waals surface area (Å²) in [6.45, 7) is 3.10. The summed E-state index contributed by atoms with van der Waals surface area (Å²) in [6.07, 6.45) is 1.90. The Kier molecular flexibility index (Phi) is 6.21. The molecule has 2 aromatic carbocycles. The van der Waals surface area contributed by atoms with Crippen LogP contribution in [0, 0.1) is 6.92 Å². The third kappa shape index (κ3) is 4.14. The van der Waals surface area contributed by atoms with Gasteiger partial charge in [0.25, 0.3) is 15.9 Å². The predicted molar refractivity (Wildman–Crippen MR) is 113 cm³/mol. The first-order valence-electron chi connectivity index (χ1n) is 8.69. The number of nitrogens with zero attached hydrogens (tertiary/aromatic N) is 1. The number of sulfonamides is 1. The van der Waals surface area contributed by atoms with E-state index in [1.165, 1.54) is 13.2 Å². The van der Waals surface area contributed by atoms with E-state index in [9.17, 15) is 13.2 Å². The monoisotopic (exact) mass is 486 g/mol. The maximum atomic E-state index is 13.1. The van der Waals surface area contributed by atoms with E-state index in [1.54, 1.807) is 36.1 Å². The Bertz CT molecular complexity index is 1020. The van der Waals surface area contributed by atoms with Crippen LogP contribution in [0.2, 0.25) is 5.02 Å². The lowest BCUT2D eigenvalue weighted by molar-refractivity contribution is 0.0794. The average Bonchev–Trinajstić information content (AvgIpc) is 3.17. The molecule has 0 atom stereocenters. The van der Waals surface area contributed by atoms with Gasteiger partial charge in [-0.3, -0.25) is 9.52 Å². The number of para-hydroxylation sites is 1. The standard InChI is InChI=1S/C19H20BrClN2O4S/c1-12-6-5-7-14(19(24)23-8-3-4-9-23)17(12)22-28(25,26)16-11-13(21)10-15(20)18(16)27-2/h5-7,10-11,22H,3-4,8-9H2,1-2H3. The van der Waals surface area contributed by atoms with Crippen molar-refractivity contribution in [1.29, 1.82) is 0 Å². The van der Waals surface area contributed by atoms with Crippen molar-refractivity contribution < 1.29 is 17.9 Å². The molecule has 3 rings (SSSR count). The van der Waals surface area contributed by atoms with E-state index < -0.39 is 10.0 Å². The molecule has 1 amide bonds. The van der Waals surface area contributed by atoms with Gasteiger partial charge in [0.2, 0.25) is 0 Å². The Morgan fingerprint density at radius 2 is 1.93 bits per heavy atom. The van der Waals surface area contributed by atoms with E-state index in [0.29, 0.717) is 28.7 Å². The average molecular weight is 488 g/mol. The van der Waals surface area contributed by atoms with E-state index in [-0.39, 0.29) is 27.3 Å². The molecule has 150 valence electrons. The first kappa shape index (κ1) is 21.0. The molecule has 1 aliphatic rings. The Morgan fingerprint density at radius 1 is 1.25 bits per heavy atom. The topological polar surface area (TPSA) is 75.7 Å². The highest BCUT2D eigenvalue weighted by Gasteiger charge is 2.27. The van der Waals surface area contributed by atoms with Crippen molar-refractivity contribution in [2.24, 2.45) is 0 Å². The highest BCUT2D eigenvalue weighted by Crippen LogP contribution is 2.37. The molecule has 1 heterocycles. The quantitative estimate of drug-likeness (QED) is 0.676. The number of hydrogen-bond donors (Lipinski definition) is 1. The van der Waals surface area contributed by atoms with Crippen LogP contribution in [-0.4, -0.2) is 39.4 Å². The normalized spacial score (nSPS) is 14.2. The van der Waals surface area contributed by atoms with Crippen molar-refractivity contribution in [2.45, 2.75) is 24.7 Å². The summed E-state index contributed by atoms with van der Waals surface area (Å²) in [5.74, 6) is -0.0453. The number of carbonyl (C=O) groups excluding carboxylic acids is 1. The number of rotatable bonds is 5. The number of methoxy groups -OCH3 is 1. The zero-order chi connectivity index (χ0) is 20.5. The van der Waals surface area contributed by atoms with Gasteiger partial charge in [0.1, 0.15) is 4.90 Å². The third-order valence-corrected chi connectivity index (χ3v) is 6.76. The van der Waals surface area contributed by atoms with E-state index in [1.807, 2.05) is 0 Å². The van der Waals surface area contributed by atoms with Gasteiger partial charge in [-0.25, -0.2) is 8.42 Å². The Balaban J connectivity index is 2.05. The molecule has 0 saturated carbocycles. The number of carbonyl (C=O) groups is 1. The van der Waals surface area contributed by atoms with Gasteiger partial charge >= 0.3 is 0 Å². The molecule has 0 bridgehead atoms. The first-order valence-corrected chi connectivity index (χ1v) is 11.3. The number of likely N-dealkylation sites (tertiary alicyclic amines) is 1. The molecule has 1 aliphatic heterocycles. The van der Waals surface area contributed by atoms with Gasteiger partial charge in [-0.15, -0.1) is 0 Å². The molecular weight excluding hydrogens is 468 g/mol. The molecule has 1 N–H and O–H groups in total. The van der Waals surface area contributed by atoms with E-state index in [0.717, 1.165) is 12.8 Å². The number of nitrogens with one attached hydrogen (secondary N) is 1. The Labute approximate surface area is 178 Å². The number of aryl methyl sites for hydroxylation is 1. The van der Waals surface area contributed by atoms with Crippen LogP contribution < -0.4 is 9.46 Å². The highest BCUT2D eigenvalue weighted by molar-refractivity contribution is 9.10. The van der Waals surface area contributed by atoms with Crippen molar-refractivity contribution in [2.75, 3.05) is 24.9 Å². The molecular formula is C19H20BrClN2O4S. The second-order valence-corrected chi connectivity index (χ2v) is 9.46. The van der Waals surface area contributed by atoms with Crippen LogP contribution in [0.5, 0.6) is 5.75 Å². The zero-order valence-corrected chi connectivity index (χ0v) is 18.6. The van der Waals surface area contributed by atoms with Gasteiger partial charge in [0, 0.05) is 18.1 Å². The number of benzene rings is 2. The van der Waals surface area contributed by atoms with Crippen LogP contribution in [0.15, 0.2) is 39.7 Å². The van der Waals surface area contributed by atoms with Crippen molar-refractivity contribution in [3.63, 3.8) is 0 Å². The summed E-state index contributed by atoms with van der Waals surface area (Å²) >= 11 is 9.32. The molecule has 0 aromatic heterocycles. The molecule has 0 unspecified atom stereocenters. The number of anilines is 1. The molecule has 6 nitrogen and oxygen atoms in total. The van der Waals surface area contributed by atoms with Gasteiger partial charge in [-0.05, 0) is 59.5 Å². The summed E-state index contributed by atoms with van der Waals surface area (Å²) in [6, 6.07) is 8.00. The van der Waals surface area contributed by atoms with Gasteiger partial charge in [-0.2, -0.15) is 0 Å². The maximum absolute atomic E-state index is 13.1. The van der Waals surface area contributed by atoms with E-state index >= 15 is 0 Å². The first-order chi connectivity index (χ1) is 13.2. The van der Waals surface area contributed by atoms with Crippen LogP contribution in [0.3, 0.4) is 0 Å². The number of halogens is 2. The maximum Gasteiger partial charge on any atom is 0.265 e. The molecule has 0 radical (unpaired) electrons. The van der Waals surface area contributed by atoms with Gasteiger partial charge in [0.05, 0.1) is 22.8 Å². The molecule has 1 saturated heterocycles. The molecule has 1 fully saturated rings. The lowest BCUT2D eigenvalue weighted by atomic mass is 10.1. The summed E-state index contributed by atoms with van der Waals surface area (Å²) in [7, 11) is -2.69. The SMILES string of the molecule is COc1c(Br)cc(Cl)cc1S(=O)(=O)Nc1c(C)cccc1C(=O)N1CCCC1. The second kappa shape index (κ2) is 8.31. The minimum Gasteiger partial charge on any atom is -0.494 e. The van der Waals surface area contributed by atoms with E-state index in [4.69, 9.17) is 16.3 Å². The fourth-order valence-corrected chi connectivity index (χ4v) is 5.73. The van der Waals surface area contributed by atoms with Crippen molar-refractivity contribution in [3.05, 3.63) is 51.0 Å². The minimum absolute atomic E-state index is 0.114. The van der Waals surface area contributed by atoms with Crippen LogP contribution in [0.25, 0.3) is 0 Å². The molecule has 28 heavy (non-hydrogen) atoms. The number of hydrogen-bond acceptors (Lipinski definition) is 4. The van der Waals surface area contributed by atoms with Crippen molar-refractivity contribution >= 4 is 49.1 Å². The molecule has 0 aliphatic carbocycles. The van der Waals surface area contributed by atoms with Gasteiger partial charge < -0.3 is 9.64 Å².